The van der Waals surface area contributed by atoms with Gasteiger partial charge >= 0.3 is 0 Å². The van der Waals surface area contributed by atoms with E-state index in [4.69, 9.17) is 0 Å². The van der Waals surface area contributed by atoms with E-state index in [1.807, 2.05) is 0 Å². The van der Waals surface area contributed by atoms with E-state index >= 15 is 0 Å². The third-order valence-corrected chi connectivity index (χ3v) is 2.95. The van der Waals surface area contributed by atoms with Gasteiger partial charge in [0.15, 0.2) is 0 Å². The average molecular weight is 205 g/mol. The average Bonchev–Trinajstić information content (AvgIpc) is 2.29. The van der Waals surface area contributed by atoms with Gasteiger partial charge in [-0.15, -0.1) is 0 Å². The second kappa shape index (κ2) is 6.62. The molecule has 1 nitrogen and oxygen atoms in total. The summed E-state index contributed by atoms with van der Waals surface area (Å²) >= 11 is 0. The molecule has 83 valence electrons. The molecule has 0 aliphatic heterocycles. The van der Waals surface area contributed by atoms with Crippen LogP contribution in [0, 0.1) is 0 Å². The molecule has 0 spiro atoms. The second-order valence-corrected chi connectivity index (χ2v) is 3.92. The van der Waals surface area contributed by atoms with Crippen molar-refractivity contribution in [3.05, 3.63) is 34.9 Å². The topological polar surface area (TPSA) is 19.9 Å². The molecule has 0 saturated heterocycles. The van der Waals surface area contributed by atoms with E-state index in [0.29, 0.717) is 0 Å². The normalized spacial score (nSPS) is 10.6. The van der Waals surface area contributed by atoms with Gasteiger partial charge in [-0.1, -0.05) is 32.0 Å². The SMILES string of the molecule is CCc1cccc(CC)c1CCCC[O]. The van der Waals surface area contributed by atoms with Crippen LogP contribution < -0.4 is 0 Å². The zero-order chi connectivity index (χ0) is 11.1. The van der Waals surface area contributed by atoms with Crippen molar-refractivity contribution < 1.29 is 5.11 Å². The van der Waals surface area contributed by atoms with Gasteiger partial charge in [-0.3, -0.25) is 0 Å². The molecule has 1 heteroatoms. The number of unbranched alkanes of at least 4 members (excludes halogenated alkanes) is 1. The van der Waals surface area contributed by atoms with Crippen LogP contribution in [0.1, 0.15) is 43.4 Å². The summed E-state index contributed by atoms with van der Waals surface area (Å²) in [6.07, 6.45) is 5.12. The maximum absolute atomic E-state index is 10.4. The van der Waals surface area contributed by atoms with Gasteiger partial charge in [0.05, 0.1) is 6.61 Å². The van der Waals surface area contributed by atoms with Crippen LogP contribution >= 0.6 is 0 Å². The molecule has 0 amide bonds. The van der Waals surface area contributed by atoms with Gasteiger partial charge in [0, 0.05) is 0 Å². The monoisotopic (exact) mass is 205 g/mol. The molecule has 0 aliphatic carbocycles. The molecular weight excluding hydrogens is 184 g/mol. The van der Waals surface area contributed by atoms with Gasteiger partial charge in [-0.25, -0.2) is 5.11 Å². The Morgan fingerprint density at radius 3 is 2.07 bits per heavy atom. The summed E-state index contributed by atoms with van der Waals surface area (Å²) in [7, 11) is 0. The molecule has 15 heavy (non-hydrogen) atoms. The summed E-state index contributed by atoms with van der Waals surface area (Å²) in [5.74, 6) is 0. The van der Waals surface area contributed by atoms with Crippen molar-refractivity contribution in [2.45, 2.75) is 46.0 Å². The van der Waals surface area contributed by atoms with E-state index in [2.05, 4.69) is 32.0 Å². The largest absolute Gasteiger partial charge is 0.237 e. The Kier molecular flexibility index (Phi) is 5.41. The Hall–Kier alpha value is -0.820. The van der Waals surface area contributed by atoms with E-state index in [1.54, 1.807) is 0 Å². The molecule has 0 aromatic heterocycles. The Balaban J connectivity index is 2.80. The number of hydrogen-bond donors (Lipinski definition) is 0. The summed E-state index contributed by atoms with van der Waals surface area (Å²) in [4.78, 5) is 0. The Labute approximate surface area is 93.1 Å². The molecule has 0 heterocycles. The van der Waals surface area contributed by atoms with E-state index in [1.165, 1.54) is 16.7 Å². The summed E-state index contributed by atoms with van der Waals surface area (Å²) in [5, 5.41) is 10.4. The van der Waals surface area contributed by atoms with Gasteiger partial charge in [0.25, 0.3) is 0 Å². The fraction of sp³-hybridized carbons (Fsp3) is 0.571. The lowest BCUT2D eigenvalue weighted by molar-refractivity contribution is 0.187. The van der Waals surface area contributed by atoms with Crippen molar-refractivity contribution >= 4 is 0 Å². The molecule has 0 saturated carbocycles. The first-order valence-electron chi connectivity index (χ1n) is 6.01. The molecule has 0 unspecified atom stereocenters. The van der Waals surface area contributed by atoms with Crippen LogP contribution in [-0.4, -0.2) is 6.61 Å². The van der Waals surface area contributed by atoms with E-state index < -0.39 is 0 Å². The number of hydrogen-bond acceptors (Lipinski definition) is 0. The molecular formula is C14H21O. The summed E-state index contributed by atoms with van der Waals surface area (Å²) < 4.78 is 0. The van der Waals surface area contributed by atoms with Crippen LogP contribution in [0.3, 0.4) is 0 Å². The highest BCUT2D eigenvalue weighted by Crippen LogP contribution is 2.18. The minimum Gasteiger partial charge on any atom is -0.237 e. The van der Waals surface area contributed by atoms with Crippen molar-refractivity contribution in [2.24, 2.45) is 0 Å². The lowest BCUT2D eigenvalue weighted by atomic mass is 9.94. The number of aryl methyl sites for hydroxylation is 2. The van der Waals surface area contributed by atoms with Crippen LogP contribution in [0.2, 0.25) is 0 Å². The highest BCUT2D eigenvalue weighted by molar-refractivity contribution is 5.35. The van der Waals surface area contributed by atoms with Crippen LogP contribution in [-0.2, 0) is 24.4 Å². The molecule has 0 bridgehead atoms. The van der Waals surface area contributed by atoms with Crippen molar-refractivity contribution in [3.63, 3.8) is 0 Å². The van der Waals surface area contributed by atoms with Crippen molar-refractivity contribution in [2.75, 3.05) is 6.61 Å². The molecule has 0 atom stereocenters. The van der Waals surface area contributed by atoms with Crippen LogP contribution in [0.25, 0.3) is 0 Å². The fourth-order valence-corrected chi connectivity index (χ4v) is 2.08. The highest BCUT2D eigenvalue weighted by atomic mass is 16.2. The molecule has 1 rings (SSSR count). The predicted octanol–water partition coefficient (Wildman–Crippen LogP) is 3.56. The number of rotatable bonds is 6. The smallest absolute Gasteiger partial charge is 0.0822 e. The minimum absolute atomic E-state index is 0.0652. The highest BCUT2D eigenvalue weighted by Gasteiger charge is 2.05. The number of benzene rings is 1. The van der Waals surface area contributed by atoms with Gasteiger partial charge in [-0.2, -0.15) is 0 Å². The second-order valence-electron chi connectivity index (χ2n) is 3.92. The summed E-state index contributed by atoms with van der Waals surface area (Å²) in [6, 6.07) is 6.58. The lowest BCUT2D eigenvalue weighted by Crippen LogP contribution is -1.99. The first-order valence-corrected chi connectivity index (χ1v) is 6.01. The Morgan fingerprint density at radius 2 is 1.60 bits per heavy atom. The minimum atomic E-state index is 0.0652. The van der Waals surface area contributed by atoms with Crippen LogP contribution in [0.4, 0.5) is 0 Å². The molecule has 0 fully saturated rings. The van der Waals surface area contributed by atoms with Gasteiger partial charge in [-0.05, 0) is 48.8 Å². The van der Waals surface area contributed by atoms with Crippen molar-refractivity contribution in [1.29, 1.82) is 0 Å². The quantitative estimate of drug-likeness (QED) is 0.633. The van der Waals surface area contributed by atoms with Crippen LogP contribution in [0.5, 0.6) is 0 Å². The fourth-order valence-electron chi connectivity index (χ4n) is 2.08. The maximum atomic E-state index is 10.4. The Morgan fingerprint density at radius 1 is 1.00 bits per heavy atom. The Bertz CT molecular complexity index is 269. The lowest BCUT2D eigenvalue weighted by Gasteiger charge is -2.12. The van der Waals surface area contributed by atoms with Crippen LogP contribution in [0.15, 0.2) is 18.2 Å². The summed E-state index contributed by atoms with van der Waals surface area (Å²) in [5.41, 5.74) is 4.41. The zero-order valence-corrected chi connectivity index (χ0v) is 9.88. The van der Waals surface area contributed by atoms with Crippen molar-refractivity contribution in [1.82, 2.24) is 0 Å². The standard InChI is InChI=1S/C14H21O/c1-3-12-8-7-9-13(4-2)14(12)10-5-6-11-15/h7-9H,3-6,10-11H2,1-2H3. The molecule has 1 aromatic carbocycles. The third-order valence-electron chi connectivity index (χ3n) is 2.95. The third kappa shape index (κ3) is 3.35. The first kappa shape index (κ1) is 12.3. The van der Waals surface area contributed by atoms with Gasteiger partial charge < -0.3 is 0 Å². The molecule has 0 aliphatic rings. The molecule has 1 aromatic rings. The molecule has 0 N–H and O–H groups in total. The maximum Gasteiger partial charge on any atom is 0.0822 e. The summed E-state index contributed by atoms with van der Waals surface area (Å²) in [6.45, 7) is 4.47. The van der Waals surface area contributed by atoms with E-state index in [-0.39, 0.29) is 6.61 Å². The predicted molar refractivity (Wildman–Crippen MR) is 63.7 cm³/mol. The van der Waals surface area contributed by atoms with Crippen molar-refractivity contribution in [3.8, 4) is 0 Å². The zero-order valence-electron chi connectivity index (χ0n) is 9.88. The van der Waals surface area contributed by atoms with Gasteiger partial charge in [0.1, 0.15) is 0 Å². The van der Waals surface area contributed by atoms with E-state index in [0.717, 1.165) is 32.1 Å². The first-order chi connectivity index (χ1) is 7.33. The van der Waals surface area contributed by atoms with E-state index in [9.17, 15) is 5.11 Å². The van der Waals surface area contributed by atoms with Gasteiger partial charge in [0.2, 0.25) is 0 Å². The molecule has 1 radical (unpaired) electrons.